The standard InChI is InChI=1S/C39H61N5O2S/c1-14-15-16-17-18-19-20-47-35-43-33(40-25-21-27(36(2,3)4)31(45)28(22-25)37(5,6)7)42-34(44-35)41-26-23-29(38(8,9)10)32(46)30(24-26)39(11,12)13/h21-24,45-46H,14-20H2,1-13H3,(H2,40,41,42,43,44). The lowest BCUT2D eigenvalue weighted by molar-refractivity contribution is 0.422. The SMILES string of the molecule is CCCCCCCCSc1nc(Nc2cc(C(C)(C)C)c(O)c(C(C)(C)C)c2)nc(Nc2cc(C(C)(C)C)c(O)c(C(C)(C)C)c2)n1. The summed E-state index contributed by atoms with van der Waals surface area (Å²) in [6, 6.07) is 7.98. The molecule has 0 aliphatic rings. The number of rotatable bonds is 12. The molecule has 0 radical (unpaired) electrons. The maximum Gasteiger partial charge on any atom is 0.233 e. The van der Waals surface area contributed by atoms with Gasteiger partial charge in [0.2, 0.25) is 11.9 Å². The number of hydrogen-bond acceptors (Lipinski definition) is 8. The largest absolute Gasteiger partial charge is 0.507 e. The van der Waals surface area contributed by atoms with Crippen molar-refractivity contribution in [2.75, 3.05) is 16.4 Å². The van der Waals surface area contributed by atoms with Crippen molar-refractivity contribution in [1.29, 1.82) is 0 Å². The van der Waals surface area contributed by atoms with E-state index < -0.39 is 0 Å². The van der Waals surface area contributed by atoms with Crippen LogP contribution in [0.2, 0.25) is 0 Å². The Labute approximate surface area is 289 Å². The number of phenolic OH excluding ortho intramolecular Hbond substituents is 2. The monoisotopic (exact) mass is 663 g/mol. The summed E-state index contributed by atoms with van der Waals surface area (Å²) in [4.78, 5) is 14.5. The Kier molecular flexibility index (Phi) is 12.3. The molecule has 260 valence electrons. The van der Waals surface area contributed by atoms with Gasteiger partial charge in [0.25, 0.3) is 0 Å². The van der Waals surface area contributed by atoms with E-state index in [-0.39, 0.29) is 21.7 Å². The Morgan fingerprint density at radius 1 is 0.532 bits per heavy atom. The maximum atomic E-state index is 11.3. The first-order valence-electron chi connectivity index (χ1n) is 17.3. The van der Waals surface area contributed by atoms with Crippen molar-refractivity contribution in [3.05, 3.63) is 46.5 Å². The Hall–Kier alpha value is -3.00. The summed E-state index contributed by atoms with van der Waals surface area (Å²) in [7, 11) is 0. The van der Waals surface area contributed by atoms with Gasteiger partial charge in [-0.15, -0.1) is 0 Å². The zero-order chi connectivity index (χ0) is 35.4. The summed E-state index contributed by atoms with van der Waals surface area (Å²) in [6.45, 7) is 27.5. The summed E-state index contributed by atoms with van der Waals surface area (Å²) in [5, 5.41) is 30.1. The van der Waals surface area contributed by atoms with E-state index in [1.165, 1.54) is 32.1 Å². The third kappa shape index (κ3) is 10.8. The molecule has 0 fully saturated rings. The Balaban J connectivity index is 2.07. The number of nitrogens with zero attached hydrogens (tertiary/aromatic N) is 3. The highest BCUT2D eigenvalue weighted by Gasteiger charge is 2.28. The fraction of sp³-hybridized carbons (Fsp3) is 0.615. The predicted octanol–water partition coefficient (Wildman–Crippen LogP) is 11.4. The molecule has 0 amide bonds. The lowest BCUT2D eigenvalue weighted by atomic mass is 9.79. The van der Waals surface area contributed by atoms with Gasteiger partial charge in [0.05, 0.1) is 0 Å². The van der Waals surface area contributed by atoms with Crippen LogP contribution in [0.1, 0.15) is 151 Å². The third-order valence-corrected chi connectivity index (χ3v) is 9.24. The number of unbranched alkanes of at least 4 members (excludes halogenated alkanes) is 5. The van der Waals surface area contributed by atoms with Gasteiger partial charge in [0, 0.05) is 39.4 Å². The van der Waals surface area contributed by atoms with Crippen LogP contribution in [0.4, 0.5) is 23.3 Å². The van der Waals surface area contributed by atoms with Crippen LogP contribution in [-0.4, -0.2) is 30.9 Å². The first kappa shape index (κ1) is 38.4. The fourth-order valence-electron chi connectivity index (χ4n) is 5.54. The number of benzene rings is 2. The highest BCUT2D eigenvalue weighted by atomic mass is 32.2. The molecule has 8 heteroatoms. The van der Waals surface area contributed by atoms with Gasteiger partial charge in [0.15, 0.2) is 5.16 Å². The van der Waals surface area contributed by atoms with Crippen LogP contribution >= 0.6 is 11.8 Å². The average Bonchev–Trinajstić information content (AvgIpc) is 2.91. The van der Waals surface area contributed by atoms with E-state index in [1.54, 1.807) is 11.8 Å². The lowest BCUT2D eigenvalue weighted by Gasteiger charge is -2.28. The van der Waals surface area contributed by atoms with Crippen LogP contribution < -0.4 is 10.6 Å². The Bertz CT molecular complexity index is 1340. The molecule has 0 saturated heterocycles. The average molecular weight is 664 g/mol. The molecular formula is C39H61N5O2S. The number of aromatic nitrogens is 3. The second kappa shape index (κ2) is 15.0. The van der Waals surface area contributed by atoms with E-state index in [0.717, 1.165) is 45.8 Å². The molecule has 0 unspecified atom stereocenters. The van der Waals surface area contributed by atoms with Crippen molar-refractivity contribution < 1.29 is 10.2 Å². The lowest BCUT2D eigenvalue weighted by Crippen LogP contribution is -2.18. The second-order valence-corrected chi connectivity index (χ2v) is 18.0. The highest BCUT2D eigenvalue weighted by Crippen LogP contribution is 2.43. The number of thioether (sulfide) groups is 1. The molecule has 3 rings (SSSR count). The molecule has 2 aromatic carbocycles. The van der Waals surface area contributed by atoms with E-state index >= 15 is 0 Å². The topological polar surface area (TPSA) is 103 Å². The first-order chi connectivity index (χ1) is 21.6. The molecule has 3 aromatic rings. The summed E-state index contributed by atoms with van der Waals surface area (Å²) >= 11 is 1.65. The number of phenols is 2. The van der Waals surface area contributed by atoms with Crippen LogP contribution in [0.15, 0.2) is 29.4 Å². The van der Waals surface area contributed by atoms with Gasteiger partial charge >= 0.3 is 0 Å². The number of anilines is 4. The zero-order valence-electron chi connectivity index (χ0n) is 31.4. The van der Waals surface area contributed by atoms with Crippen molar-refractivity contribution in [2.24, 2.45) is 0 Å². The smallest absolute Gasteiger partial charge is 0.233 e. The van der Waals surface area contributed by atoms with Gasteiger partial charge in [-0.25, -0.2) is 0 Å². The van der Waals surface area contributed by atoms with Crippen molar-refractivity contribution in [1.82, 2.24) is 15.0 Å². The predicted molar refractivity (Wildman–Crippen MR) is 202 cm³/mol. The molecule has 7 nitrogen and oxygen atoms in total. The van der Waals surface area contributed by atoms with Crippen LogP contribution in [0.5, 0.6) is 11.5 Å². The van der Waals surface area contributed by atoms with Gasteiger partial charge in [-0.1, -0.05) is 134 Å². The molecular weight excluding hydrogens is 603 g/mol. The van der Waals surface area contributed by atoms with Gasteiger partial charge in [-0.05, 0) is 52.3 Å². The number of aromatic hydroxyl groups is 2. The summed E-state index contributed by atoms with van der Waals surface area (Å²) in [5.74, 6) is 2.46. The minimum atomic E-state index is -0.264. The molecule has 0 aliphatic carbocycles. The van der Waals surface area contributed by atoms with Crippen molar-refractivity contribution in [3.63, 3.8) is 0 Å². The number of hydrogen-bond donors (Lipinski definition) is 4. The van der Waals surface area contributed by atoms with E-state index in [1.807, 2.05) is 24.3 Å². The zero-order valence-corrected chi connectivity index (χ0v) is 32.2. The quantitative estimate of drug-likeness (QED) is 0.0862. The van der Waals surface area contributed by atoms with Crippen molar-refractivity contribution in [3.8, 4) is 11.5 Å². The fourth-order valence-corrected chi connectivity index (χ4v) is 6.37. The molecule has 0 spiro atoms. The van der Waals surface area contributed by atoms with E-state index in [0.29, 0.717) is 28.6 Å². The summed E-state index contributed by atoms with van der Waals surface area (Å²) < 4.78 is 0. The highest BCUT2D eigenvalue weighted by molar-refractivity contribution is 7.99. The Morgan fingerprint density at radius 2 is 0.872 bits per heavy atom. The maximum absolute atomic E-state index is 11.3. The van der Waals surface area contributed by atoms with Crippen molar-refractivity contribution in [2.45, 2.75) is 155 Å². The van der Waals surface area contributed by atoms with E-state index in [2.05, 4.69) is 101 Å². The first-order valence-corrected chi connectivity index (χ1v) is 18.3. The minimum Gasteiger partial charge on any atom is -0.507 e. The van der Waals surface area contributed by atoms with Crippen LogP contribution in [0, 0.1) is 0 Å². The number of nitrogens with one attached hydrogen (secondary N) is 2. The van der Waals surface area contributed by atoms with Gasteiger partial charge in [-0.3, -0.25) is 0 Å². The van der Waals surface area contributed by atoms with Gasteiger partial charge in [-0.2, -0.15) is 15.0 Å². The molecule has 0 saturated carbocycles. The van der Waals surface area contributed by atoms with Gasteiger partial charge in [0.1, 0.15) is 11.5 Å². The van der Waals surface area contributed by atoms with Crippen LogP contribution in [0.25, 0.3) is 0 Å². The van der Waals surface area contributed by atoms with E-state index in [4.69, 9.17) is 15.0 Å². The van der Waals surface area contributed by atoms with Crippen LogP contribution in [0.3, 0.4) is 0 Å². The van der Waals surface area contributed by atoms with Gasteiger partial charge < -0.3 is 20.8 Å². The molecule has 1 aromatic heterocycles. The van der Waals surface area contributed by atoms with E-state index in [9.17, 15) is 10.2 Å². The molecule has 0 bridgehead atoms. The van der Waals surface area contributed by atoms with Crippen molar-refractivity contribution >= 4 is 35.0 Å². The second-order valence-electron chi connectivity index (χ2n) is 17.0. The minimum absolute atomic E-state index is 0.264. The third-order valence-electron chi connectivity index (χ3n) is 8.31. The molecule has 0 aliphatic heterocycles. The molecule has 4 N–H and O–H groups in total. The normalized spacial score (nSPS) is 12.8. The summed E-state index contributed by atoms with van der Waals surface area (Å²) in [5.41, 5.74) is 4.04. The van der Waals surface area contributed by atoms with Crippen LogP contribution in [-0.2, 0) is 21.7 Å². The molecule has 1 heterocycles. The summed E-state index contributed by atoms with van der Waals surface area (Å²) in [6.07, 6.45) is 7.39. The Morgan fingerprint density at radius 3 is 1.21 bits per heavy atom. The molecule has 47 heavy (non-hydrogen) atoms. The molecule has 0 atom stereocenters.